The van der Waals surface area contributed by atoms with E-state index >= 15 is 0 Å². The zero-order valence-corrected chi connectivity index (χ0v) is 19.8. The molecule has 0 bridgehead atoms. The van der Waals surface area contributed by atoms with E-state index in [0.717, 1.165) is 5.56 Å². The summed E-state index contributed by atoms with van der Waals surface area (Å²) in [7, 11) is -2.15. The minimum Gasteiger partial charge on any atom is -0.383 e. The minimum atomic E-state index is -3.71. The highest BCUT2D eigenvalue weighted by Crippen LogP contribution is 2.20. The summed E-state index contributed by atoms with van der Waals surface area (Å²) in [6.45, 7) is 6.77. The van der Waals surface area contributed by atoms with Crippen LogP contribution in [0.1, 0.15) is 27.2 Å². The monoisotopic (exact) mass is 467 g/mol. The van der Waals surface area contributed by atoms with E-state index in [1.165, 1.54) is 6.20 Å². The van der Waals surface area contributed by atoms with Gasteiger partial charge in [0.15, 0.2) is 0 Å². The Hall–Kier alpha value is -3.23. The largest absolute Gasteiger partial charge is 0.383 e. The Morgan fingerprint density at radius 1 is 1.15 bits per heavy atom. The Bertz CT molecular complexity index is 1200. The third kappa shape index (κ3) is 5.97. The molecule has 7 nitrogen and oxygen atoms in total. The van der Waals surface area contributed by atoms with Crippen LogP contribution in [0.4, 0.5) is 0 Å². The van der Waals surface area contributed by atoms with Crippen LogP contribution >= 0.6 is 0 Å². The molecule has 0 aliphatic rings. The second kappa shape index (κ2) is 11.1. The van der Waals surface area contributed by atoms with Crippen LogP contribution in [0.15, 0.2) is 78.6 Å². The molecule has 0 N–H and O–H groups in total. The molecule has 0 fully saturated rings. The Labute approximate surface area is 195 Å². The summed E-state index contributed by atoms with van der Waals surface area (Å²) in [5, 5.41) is -0.0275. The predicted octanol–water partition coefficient (Wildman–Crippen LogP) is 3.64. The minimum absolute atomic E-state index is 0.0275. The average molecular weight is 468 g/mol. The molecule has 0 aliphatic heterocycles. The van der Waals surface area contributed by atoms with E-state index in [-0.39, 0.29) is 23.4 Å². The van der Waals surface area contributed by atoms with Crippen molar-refractivity contribution in [3.8, 4) is 0 Å². The molecule has 0 radical (unpaired) electrons. The molecule has 33 heavy (non-hydrogen) atoms. The maximum atomic E-state index is 13.2. The van der Waals surface area contributed by atoms with Crippen LogP contribution in [0.3, 0.4) is 0 Å². The van der Waals surface area contributed by atoms with Gasteiger partial charge in [0.05, 0.1) is 30.8 Å². The summed E-state index contributed by atoms with van der Waals surface area (Å²) in [6, 6.07) is 16.4. The van der Waals surface area contributed by atoms with Gasteiger partial charge in [0.1, 0.15) is 0 Å². The molecule has 0 spiro atoms. The third-order valence-electron chi connectivity index (χ3n) is 5.26. The maximum Gasteiger partial charge on any atom is 0.254 e. The number of sulfone groups is 1. The van der Waals surface area contributed by atoms with E-state index in [9.17, 15) is 13.2 Å². The number of imidazole rings is 1. The molecule has 3 rings (SSSR count). The van der Waals surface area contributed by atoms with Gasteiger partial charge in [-0.25, -0.2) is 13.4 Å². The maximum absolute atomic E-state index is 13.2. The summed E-state index contributed by atoms with van der Waals surface area (Å²) >= 11 is 0. The van der Waals surface area contributed by atoms with Crippen LogP contribution < -0.4 is 0 Å². The Kier molecular flexibility index (Phi) is 8.19. The molecule has 0 atom stereocenters. The van der Waals surface area contributed by atoms with Gasteiger partial charge >= 0.3 is 0 Å². The van der Waals surface area contributed by atoms with Crippen molar-refractivity contribution in [3.05, 3.63) is 95.8 Å². The number of benzene rings is 2. The lowest BCUT2D eigenvalue weighted by atomic mass is 10.1. The quantitative estimate of drug-likeness (QED) is 0.402. The molecule has 1 amide bonds. The first-order valence-corrected chi connectivity index (χ1v) is 12.3. The molecular formula is C25H29N3O4S. The Morgan fingerprint density at radius 2 is 1.85 bits per heavy atom. The van der Waals surface area contributed by atoms with E-state index in [2.05, 4.69) is 11.6 Å². The number of methoxy groups -OCH3 is 1. The standard InChI is InChI=1S/C25H29N3O4S/c1-4-14-27(24(29)23-13-9-8-10-20(23)2)18-22-17-26-25(28(22)15-16-32-3)33(30,31)19-21-11-6-5-7-12-21/h4-13,17H,1,14-16,18-19H2,2-3H3. The van der Waals surface area contributed by atoms with Gasteiger partial charge in [-0.1, -0.05) is 54.6 Å². The van der Waals surface area contributed by atoms with E-state index in [0.29, 0.717) is 36.5 Å². The summed E-state index contributed by atoms with van der Waals surface area (Å²) in [6.07, 6.45) is 3.17. The van der Waals surface area contributed by atoms with Crippen LogP contribution in [0.2, 0.25) is 0 Å². The number of rotatable bonds is 11. The molecule has 8 heteroatoms. The summed E-state index contributed by atoms with van der Waals surface area (Å²) in [5.41, 5.74) is 2.76. The van der Waals surface area contributed by atoms with Crippen molar-refractivity contribution in [3.63, 3.8) is 0 Å². The Morgan fingerprint density at radius 3 is 2.52 bits per heavy atom. The highest BCUT2D eigenvalue weighted by Gasteiger charge is 2.26. The number of hydrogen-bond donors (Lipinski definition) is 0. The number of nitrogens with zero attached hydrogens (tertiary/aromatic N) is 3. The van der Waals surface area contributed by atoms with Crippen molar-refractivity contribution in [1.82, 2.24) is 14.5 Å². The normalized spacial score (nSPS) is 11.3. The second-order valence-electron chi connectivity index (χ2n) is 7.71. The Balaban J connectivity index is 1.94. The number of hydrogen-bond acceptors (Lipinski definition) is 5. The van der Waals surface area contributed by atoms with Crippen LogP contribution in [-0.4, -0.2) is 49.0 Å². The van der Waals surface area contributed by atoms with Crippen molar-refractivity contribution in [1.29, 1.82) is 0 Å². The first-order chi connectivity index (χ1) is 15.9. The smallest absolute Gasteiger partial charge is 0.254 e. The molecule has 0 aliphatic carbocycles. The van der Waals surface area contributed by atoms with Gasteiger partial charge in [-0.05, 0) is 24.1 Å². The van der Waals surface area contributed by atoms with Gasteiger partial charge in [0.25, 0.3) is 5.91 Å². The lowest BCUT2D eigenvalue weighted by molar-refractivity contribution is 0.0757. The average Bonchev–Trinajstić information content (AvgIpc) is 3.21. The van der Waals surface area contributed by atoms with Gasteiger partial charge in [0.2, 0.25) is 15.0 Å². The molecule has 3 aromatic rings. The van der Waals surface area contributed by atoms with E-state index < -0.39 is 9.84 Å². The third-order valence-corrected chi connectivity index (χ3v) is 6.86. The van der Waals surface area contributed by atoms with Crippen molar-refractivity contribution in [2.24, 2.45) is 0 Å². The van der Waals surface area contributed by atoms with Gasteiger partial charge in [-0.15, -0.1) is 6.58 Å². The summed E-state index contributed by atoms with van der Waals surface area (Å²) in [4.78, 5) is 19.1. The zero-order chi connectivity index (χ0) is 23.8. The molecular weight excluding hydrogens is 438 g/mol. The molecule has 0 saturated heterocycles. The molecule has 0 unspecified atom stereocenters. The number of carbonyl (C=O) groups excluding carboxylic acids is 1. The van der Waals surface area contributed by atoms with Gasteiger partial charge in [0, 0.05) is 25.8 Å². The fraction of sp³-hybridized carbons (Fsp3) is 0.280. The lowest BCUT2D eigenvalue weighted by Crippen LogP contribution is -2.32. The molecule has 2 aromatic carbocycles. The van der Waals surface area contributed by atoms with Crippen molar-refractivity contribution >= 4 is 15.7 Å². The highest BCUT2D eigenvalue weighted by atomic mass is 32.2. The van der Waals surface area contributed by atoms with E-state index in [1.54, 1.807) is 53.0 Å². The molecule has 1 aromatic heterocycles. The summed E-state index contributed by atoms with van der Waals surface area (Å²) < 4.78 is 33.2. The van der Waals surface area contributed by atoms with Gasteiger partial charge < -0.3 is 14.2 Å². The van der Waals surface area contributed by atoms with E-state index in [1.807, 2.05) is 31.2 Å². The van der Waals surface area contributed by atoms with E-state index in [4.69, 9.17) is 4.74 Å². The second-order valence-corrected chi connectivity index (χ2v) is 9.59. The van der Waals surface area contributed by atoms with Crippen molar-refractivity contribution in [2.75, 3.05) is 20.3 Å². The number of amides is 1. The number of ether oxygens (including phenoxy) is 1. The zero-order valence-electron chi connectivity index (χ0n) is 19.0. The van der Waals surface area contributed by atoms with Crippen molar-refractivity contribution < 1.29 is 17.9 Å². The molecule has 0 saturated carbocycles. The number of aromatic nitrogens is 2. The first kappa shape index (κ1) is 24.4. The van der Waals surface area contributed by atoms with Crippen molar-refractivity contribution in [2.45, 2.75) is 30.9 Å². The van der Waals surface area contributed by atoms with Crippen LogP contribution in [0, 0.1) is 6.92 Å². The lowest BCUT2D eigenvalue weighted by Gasteiger charge is -2.23. The topological polar surface area (TPSA) is 81.5 Å². The van der Waals surface area contributed by atoms with Crippen LogP contribution in [0.25, 0.3) is 0 Å². The molecule has 174 valence electrons. The fourth-order valence-corrected chi connectivity index (χ4v) is 5.12. The fourth-order valence-electron chi connectivity index (χ4n) is 3.60. The van der Waals surface area contributed by atoms with Crippen LogP contribution in [0.5, 0.6) is 0 Å². The number of aryl methyl sites for hydroxylation is 1. The van der Waals surface area contributed by atoms with Gasteiger partial charge in [-0.2, -0.15) is 0 Å². The van der Waals surface area contributed by atoms with Crippen LogP contribution in [-0.2, 0) is 33.4 Å². The molecule has 1 heterocycles. The highest BCUT2D eigenvalue weighted by molar-refractivity contribution is 7.90. The number of carbonyl (C=O) groups is 1. The van der Waals surface area contributed by atoms with Gasteiger partial charge in [-0.3, -0.25) is 4.79 Å². The summed E-state index contributed by atoms with van der Waals surface area (Å²) in [5.74, 6) is -0.309. The first-order valence-electron chi connectivity index (χ1n) is 10.6. The SMILES string of the molecule is C=CCN(Cc1cnc(S(=O)(=O)Cc2ccccc2)n1CCOC)C(=O)c1ccccc1C. The predicted molar refractivity (Wildman–Crippen MR) is 128 cm³/mol.